The molecular weight excluding hydrogens is 377 g/mol. The first kappa shape index (κ1) is 20.4. The lowest BCUT2D eigenvalue weighted by Crippen LogP contribution is -2.56. The maximum Gasteiger partial charge on any atom is 0.388 e. The largest absolute Gasteiger partial charge is 0.408 e. The predicted molar refractivity (Wildman–Crippen MR) is 135 cm³/mol. The minimum absolute atomic E-state index is 0.233. The summed E-state index contributed by atoms with van der Waals surface area (Å²) in [6.07, 6.45) is 9.05. The van der Waals surface area contributed by atoms with Crippen LogP contribution in [0.4, 0.5) is 11.4 Å². The molecule has 0 bridgehead atoms. The lowest BCUT2D eigenvalue weighted by atomic mass is 9.62. The van der Waals surface area contributed by atoms with Crippen molar-refractivity contribution >= 4 is 29.1 Å². The van der Waals surface area contributed by atoms with Gasteiger partial charge < -0.3 is 10.5 Å². The van der Waals surface area contributed by atoms with Crippen LogP contribution in [-0.4, -0.2) is 24.4 Å². The molecule has 5 rings (SSSR count). The first-order valence-corrected chi connectivity index (χ1v) is 12.2. The summed E-state index contributed by atoms with van der Waals surface area (Å²) in [6, 6.07) is 22.2. The highest BCUT2D eigenvalue weighted by Crippen LogP contribution is 2.36. The highest BCUT2D eigenvalue weighted by atomic mass is 15.2. The number of benzene rings is 3. The van der Waals surface area contributed by atoms with Gasteiger partial charge in [-0.2, -0.15) is 0 Å². The van der Waals surface area contributed by atoms with Crippen LogP contribution in [0.25, 0.3) is 10.8 Å². The van der Waals surface area contributed by atoms with Crippen LogP contribution in [-0.2, 0) is 13.0 Å². The van der Waals surface area contributed by atoms with E-state index in [2.05, 4.69) is 82.9 Å². The molecule has 0 spiro atoms. The van der Waals surface area contributed by atoms with Gasteiger partial charge in [-0.05, 0) is 41.5 Å². The van der Waals surface area contributed by atoms with E-state index in [9.17, 15) is 0 Å². The number of unbranched alkanes of at least 4 members (excludes halogenated alkanes) is 4. The Morgan fingerprint density at radius 3 is 2.29 bits per heavy atom. The molecule has 2 aliphatic heterocycles. The minimum Gasteiger partial charge on any atom is -0.408 e. The van der Waals surface area contributed by atoms with Crippen LogP contribution in [0, 0.1) is 0 Å². The van der Waals surface area contributed by atoms with Crippen molar-refractivity contribution in [3.05, 3.63) is 71.8 Å². The molecule has 3 nitrogen and oxygen atoms in total. The van der Waals surface area contributed by atoms with Gasteiger partial charge in [0.15, 0.2) is 0 Å². The molecule has 3 aromatic carbocycles. The summed E-state index contributed by atoms with van der Waals surface area (Å²) in [5.41, 5.74) is 5.57. The van der Waals surface area contributed by atoms with Crippen molar-refractivity contribution in [3.8, 4) is 0 Å². The van der Waals surface area contributed by atoms with Gasteiger partial charge in [-0.25, -0.2) is 0 Å². The third-order valence-electron chi connectivity index (χ3n) is 7.14. The van der Waals surface area contributed by atoms with Gasteiger partial charge in [0.25, 0.3) is 0 Å². The van der Waals surface area contributed by atoms with E-state index < -0.39 is 0 Å². The van der Waals surface area contributed by atoms with E-state index in [1.807, 2.05) is 0 Å². The molecule has 0 amide bonds. The third-order valence-corrected chi connectivity index (χ3v) is 7.14. The van der Waals surface area contributed by atoms with Crippen LogP contribution >= 0.6 is 0 Å². The fourth-order valence-corrected chi connectivity index (χ4v) is 5.46. The van der Waals surface area contributed by atoms with Gasteiger partial charge in [0.2, 0.25) is 0 Å². The average molecular weight is 411 g/mol. The molecule has 2 heterocycles. The van der Waals surface area contributed by atoms with Crippen LogP contribution in [0.2, 0.25) is 0 Å². The number of nitrogens with zero attached hydrogens (tertiary/aromatic N) is 1. The smallest absolute Gasteiger partial charge is 0.388 e. The zero-order chi connectivity index (χ0) is 21.0. The summed E-state index contributed by atoms with van der Waals surface area (Å²) in [5, 5.41) is 10.4. The SMILES string of the molecule is CCCCCCC[C@@H](B1Nc2cccc3cccc(c23)N1)N1CCc2ccccc2C1. The molecule has 2 N–H and O–H groups in total. The van der Waals surface area contributed by atoms with Crippen LogP contribution in [0.3, 0.4) is 0 Å². The lowest BCUT2D eigenvalue weighted by molar-refractivity contribution is 0.215. The summed E-state index contributed by atoms with van der Waals surface area (Å²) in [7, 11) is 0. The second-order valence-electron chi connectivity index (χ2n) is 9.24. The van der Waals surface area contributed by atoms with Crippen LogP contribution in [0.15, 0.2) is 60.7 Å². The molecule has 160 valence electrons. The van der Waals surface area contributed by atoms with Gasteiger partial charge in [-0.15, -0.1) is 0 Å². The van der Waals surface area contributed by atoms with Crippen LogP contribution < -0.4 is 10.5 Å². The Bertz CT molecular complexity index is 993. The molecule has 0 aromatic heterocycles. The van der Waals surface area contributed by atoms with Crippen LogP contribution in [0.5, 0.6) is 0 Å². The van der Waals surface area contributed by atoms with E-state index in [0.717, 1.165) is 19.5 Å². The van der Waals surface area contributed by atoms with Crippen molar-refractivity contribution in [2.24, 2.45) is 0 Å². The number of hydrogen-bond donors (Lipinski definition) is 2. The van der Waals surface area contributed by atoms with Crippen molar-refractivity contribution in [2.45, 2.75) is 64.4 Å². The molecular formula is C27H34BN3. The number of rotatable bonds is 8. The Kier molecular flexibility index (Phi) is 6.17. The van der Waals surface area contributed by atoms with E-state index in [1.165, 1.54) is 71.8 Å². The topological polar surface area (TPSA) is 27.3 Å². The van der Waals surface area contributed by atoms with Crippen LogP contribution in [0.1, 0.15) is 56.6 Å². The Morgan fingerprint density at radius 2 is 1.55 bits per heavy atom. The zero-order valence-electron chi connectivity index (χ0n) is 18.7. The highest BCUT2D eigenvalue weighted by Gasteiger charge is 2.36. The molecule has 2 aliphatic rings. The fourth-order valence-electron chi connectivity index (χ4n) is 5.46. The van der Waals surface area contributed by atoms with E-state index >= 15 is 0 Å². The van der Waals surface area contributed by atoms with Gasteiger partial charge in [0.05, 0.1) is 0 Å². The molecule has 4 heteroatoms. The zero-order valence-corrected chi connectivity index (χ0v) is 18.7. The first-order valence-electron chi connectivity index (χ1n) is 12.2. The second-order valence-corrected chi connectivity index (χ2v) is 9.24. The van der Waals surface area contributed by atoms with Gasteiger partial charge in [0, 0.05) is 35.8 Å². The summed E-state index contributed by atoms with van der Waals surface area (Å²) in [5.74, 6) is 0.471. The van der Waals surface area contributed by atoms with Crippen molar-refractivity contribution in [1.82, 2.24) is 4.90 Å². The molecule has 3 aromatic rings. The molecule has 0 aliphatic carbocycles. The number of hydrogen-bond acceptors (Lipinski definition) is 3. The van der Waals surface area contributed by atoms with Gasteiger partial charge >= 0.3 is 6.98 Å². The molecule has 0 radical (unpaired) electrons. The monoisotopic (exact) mass is 411 g/mol. The quantitative estimate of drug-likeness (QED) is 0.328. The van der Waals surface area contributed by atoms with Crippen molar-refractivity contribution < 1.29 is 0 Å². The third kappa shape index (κ3) is 4.31. The van der Waals surface area contributed by atoms with Crippen molar-refractivity contribution in [3.63, 3.8) is 0 Å². The second kappa shape index (κ2) is 9.36. The Morgan fingerprint density at radius 1 is 0.839 bits per heavy atom. The minimum atomic E-state index is 0.233. The maximum absolute atomic E-state index is 3.88. The number of nitrogens with one attached hydrogen (secondary N) is 2. The fraction of sp³-hybridized carbons (Fsp3) is 0.407. The Balaban J connectivity index is 1.38. The maximum atomic E-state index is 3.88. The summed E-state index contributed by atoms with van der Waals surface area (Å²) in [4.78, 5) is 2.72. The molecule has 31 heavy (non-hydrogen) atoms. The summed E-state index contributed by atoms with van der Waals surface area (Å²) >= 11 is 0. The van der Waals surface area contributed by atoms with Crippen molar-refractivity contribution in [1.29, 1.82) is 0 Å². The Labute approximate surface area is 187 Å². The van der Waals surface area contributed by atoms with E-state index in [0.29, 0.717) is 5.94 Å². The van der Waals surface area contributed by atoms with E-state index in [-0.39, 0.29) is 6.98 Å². The van der Waals surface area contributed by atoms with E-state index in [1.54, 1.807) is 0 Å². The number of anilines is 2. The van der Waals surface area contributed by atoms with E-state index in [4.69, 9.17) is 0 Å². The first-order chi connectivity index (χ1) is 15.3. The molecule has 0 fully saturated rings. The van der Waals surface area contributed by atoms with Gasteiger partial charge in [-0.3, -0.25) is 4.90 Å². The summed E-state index contributed by atoms with van der Waals surface area (Å²) < 4.78 is 0. The normalized spacial score (nSPS) is 16.5. The van der Waals surface area contributed by atoms with Gasteiger partial charge in [-0.1, -0.05) is 87.6 Å². The standard InChI is InChI=1S/C27H34BN3/c1-2-3-4-5-6-17-26(31-19-18-21-11-7-8-12-23(21)20-31)28-29-24-15-9-13-22-14-10-16-25(30-28)27(22)24/h7-16,26,29-30H,2-6,17-20H2,1H3/t26-/m0/s1. The average Bonchev–Trinajstić information content (AvgIpc) is 2.81. The molecule has 0 saturated heterocycles. The Hall–Kier alpha value is -2.46. The molecule has 0 saturated carbocycles. The number of fused-ring (bicyclic) bond motifs is 1. The predicted octanol–water partition coefficient (Wildman–Crippen LogP) is 6.49. The molecule has 1 atom stereocenters. The highest BCUT2D eigenvalue weighted by molar-refractivity contribution is 6.69. The van der Waals surface area contributed by atoms with Crippen molar-refractivity contribution in [2.75, 3.05) is 17.0 Å². The lowest BCUT2D eigenvalue weighted by Gasteiger charge is -2.40. The summed E-state index contributed by atoms with van der Waals surface area (Å²) in [6.45, 7) is 4.73. The molecule has 0 unspecified atom stereocenters. The van der Waals surface area contributed by atoms with Gasteiger partial charge in [0.1, 0.15) is 0 Å².